The van der Waals surface area contributed by atoms with Crippen LogP contribution in [0, 0.1) is 5.92 Å². The molecule has 0 aromatic heterocycles. The third kappa shape index (κ3) is 2.76. The first-order valence-electron chi connectivity index (χ1n) is 6.98. The molecule has 1 aromatic rings. The van der Waals surface area contributed by atoms with Crippen LogP contribution in [0.4, 0.5) is 0 Å². The maximum absolute atomic E-state index is 12.1. The van der Waals surface area contributed by atoms with Gasteiger partial charge >= 0.3 is 0 Å². The zero-order valence-electron chi connectivity index (χ0n) is 11.5. The molecule has 0 unspecified atom stereocenters. The van der Waals surface area contributed by atoms with Gasteiger partial charge in [-0.15, -0.1) is 0 Å². The van der Waals surface area contributed by atoms with Crippen molar-refractivity contribution in [3.63, 3.8) is 0 Å². The summed E-state index contributed by atoms with van der Waals surface area (Å²) in [5.74, 6) is 1.73. The van der Waals surface area contributed by atoms with Gasteiger partial charge in [0.05, 0.1) is 0 Å². The number of nitrogens with one attached hydrogen (secondary N) is 1. The zero-order valence-corrected chi connectivity index (χ0v) is 11.5. The van der Waals surface area contributed by atoms with Crippen molar-refractivity contribution in [2.45, 2.75) is 32.6 Å². The van der Waals surface area contributed by atoms with Crippen LogP contribution in [0.5, 0.6) is 11.5 Å². The van der Waals surface area contributed by atoms with E-state index in [-0.39, 0.29) is 12.7 Å². The molecule has 1 N–H and O–H groups in total. The minimum Gasteiger partial charge on any atom is -0.454 e. The van der Waals surface area contributed by atoms with Crippen molar-refractivity contribution < 1.29 is 14.3 Å². The van der Waals surface area contributed by atoms with E-state index in [4.69, 9.17) is 9.47 Å². The Kier molecular flexibility index (Phi) is 3.58. The molecule has 20 heavy (non-hydrogen) atoms. The summed E-state index contributed by atoms with van der Waals surface area (Å²) in [5.41, 5.74) is 4.24. The fourth-order valence-corrected chi connectivity index (χ4v) is 2.59. The third-order valence-corrected chi connectivity index (χ3v) is 3.70. The minimum absolute atomic E-state index is 0.209. The highest BCUT2D eigenvalue weighted by Crippen LogP contribution is 2.32. The lowest BCUT2D eigenvalue weighted by Gasteiger charge is -2.18. The summed E-state index contributed by atoms with van der Waals surface area (Å²) in [6, 6.07) is 5.14. The lowest BCUT2D eigenvalue weighted by molar-refractivity contribution is 0.0954. The number of rotatable bonds is 2. The Morgan fingerprint density at radius 1 is 1.35 bits per heavy atom. The first kappa shape index (κ1) is 13.0. The van der Waals surface area contributed by atoms with Crippen molar-refractivity contribution in [2.24, 2.45) is 11.0 Å². The number of carbonyl (C=O) groups excluding carboxylic acids is 1. The van der Waals surface area contributed by atoms with Gasteiger partial charge in [-0.2, -0.15) is 5.10 Å². The average Bonchev–Trinajstić information content (AvgIpc) is 2.92. The number of carbonyl (C=O) groups is 1. The highest BCUT2D eigenvalue weighted by atomic mass is 16.7. The lowest BCUT2D eigenvalue weighted by atomic mass is 9.89. The summed E-state index contributed by atoms with van der Waals surface area (Å²) in [4.78, 5) is 12.1. The van der Waals surface area contributed by atoms with Crippen LogP contribution < -0.4 is 14.9 Å². The van der Waals surface area contributed by atoms with Crippen molar-refractivity contribution >= 4 is 11.6 Å². The predicted molar refractivity (Wildman–Crippen MR) is 75.1 cm³/mol. The van der Waals surface area contributed by atoms with E-state index in [1.807, 2.05) is 0 Å². The van der Waals surface area contributed by atoms with E-state index >= 15 is 0 Å². The Hall–Kier alpha value is -2.04. The summed E-state index contributed by atoms with van der Waals surface area (Å²) in [6.45, 7) is 2.43. The fraction of sp³-hybridized carbons (Fsp3) is 0.467. The van der Waals surface area contributed by atoms with Gasteiger partial charge in [0.25, 0.3) is 5.91 Å². The van der Waals surface area contributed by atoms with Crippen molar-refractivity contribution in [1.29, 1.82) is 0 Å². The number of hydrogen-bond donors (Lipinski definition) is 1. The quantitative estimate of drug-likeness (QED) is 0.843. The first-order valence-corrected chi connectivity index (χ1v) is 6.98. The first-order chi connectivity index (χ1) is 9.72. The molecule has 0 spiro atoms. The van der Waals surface area contributed by atoms with Crippen LogP contribution in [0.25, 0.3) is 0 Å². The van der Waals surface area contributed by atoms with Crippen LogP contribution in [0.3, 0.4) is 0 Å². The highest BCUT2D eigenvalue weighted by Gasteiger charge is 2.17. The average molecular weight is 274 g/mol. The highest BCUT2D eigenvalue weighted by molar-refractivity contribution is 5.96. The zero-order chi connectivity index (χ0) is 13.9. The van der Waals surface area contributed by atoms with Gasteiger partial charge in [-0.25, -0.2) is 5.43 Å². The molecule has 1 saturated carbocycles. The normalized spacial score (nSPS) is 22.9. The molecule has 1 atom stereocenters. The maximum Gasteiger partial charge on any atom is 0.271 e. The Balaban J connectivity index is 1.66. The second-order valence-electron chi connectivity index (χ2n) is 5.39. The largest absolute Gasteiger partial charge is 0.454 e. The third-order valence-electron chi connectivity index (χ3n) is 3.70. The van der Waals surface area contributed by atoms with Crippen LogP contribution in [-0.4, -0.2) is 18.4 Å². The standard InChI is InChI=1S/C15H18N2O3/c1-10-3-2-4-12(7-10)16-17-15(18)11-5-6-13-14(8-11)20-9-19-13/h5-6,8,10H,2-4,7,9H2,1H3,(H,17,18)/b16-12+/t10-/m1/s1. The summed E-state index contributed by atoms with van der Waals surface area (Å²) in [6.07, 6.45) is 4.35. The molecule has 2 aliphatic rings. The molecule has 3 rings (SSSR count). The van der Waals surface area contributed by atoms with Crippen LogP contribution in [-0.2, 0) is 0 Å². The van der Waals surface area contributed by atoms with Gasteiger partial charge in [0, 0.05) is 11.3 Å². The molecule has 1 amide bonds. The molecule has 106 valence electrons. The van der Waals surface area contributed by atoms with Crippen molar-refractivity contribution in [3.8, 4) is 11.5 Å². The van der Waals surface area contributed by atoms with E-state index in [9.17, 15) is 4.79 Å². The lowest BCUT2D eigenvalue weighted by Crippen LogP contribution is -2.22. The van der Waals surface area contributed by atoms with E-state index in [1.54, 1.807) is 18.2 Å². The summed E-state index contributed by atoms with van der Waals surface area (Å²) < 4.78 is 10.5. The molecule has 5 heteroatoms. The molecular weight excluding hydrogens is 256 g/mol. The molecular formula is C15H18N2O3. The van der Waals surface area contributed by atoms with Crippen molar-refractivity contribution in [1.82, 2.24) is 5.43 Å². The number of ether oxygens (including phenoxy) is 2. The Morgan fingerprint density at radius 2 is 2.20 bits per heavy atom. The van der Waals surface area contributed by atoms with Crippen LogP contribution in [0.1, 0.15) is 43.0 Å². The Bertz CT molecular complexity index is 554. The summed E-state index contributed by atoms with van der Waals surface area (Å²) >= 11 is 0. The molecule has 1 aliphatic heterocycles. The van der Waals surface area contributed by atoms with E-state index in [2.05, 4.69) is 17.5 Å². The van der Waals surface area contributed by atoms with E-state index in [1.165, 1.54) is 6.42 Å². The molecule has 5 nitrogen and oxygen atoms in total. The Labute approximate surface area is 118 Å². The number of hydrazone groups is 1. The smallest absolute Gasteiger partial charge is 0.271 e. The molecule has 1 aromatic carbocycles. The van der Waals surface area contributed by atoms with Gasteiger partial charge < -0.3 is 9.47 Å². The van der Waals surface area contributed by atoms with Crippen LogP contribution in [0.2, 0.25) is 0 Å². The minimum atomic E-state index is -0.214. The fourth-order valence-electron chi connectivity index (χ4n) is 2.59. The van der Waals surface area contributed by atoms with Crippen LogP contribution >= 0.6 is 0 Å². The molecule has 0 bridgehead atoms. The summed E-state index contributed by atoms with van der Waals surface area (Å²) in [7, 11) is 0. The number of benzene rings is 1. The number of hydrogen-bond acceptors (Lipinski definition) is 4. The predicted octanol–water partition coefficient (Wildman–Crippen LogP) is 2.71. The van der Waals surface area contributed by atoms with Gasteiger partial charge in [0.15, 0.2) is 11.5 Å². The van der Waals surface area contributed by atoms with Gasteiger partial charge in [-0.05, 0) is 49.8 Å². The van der Waals surface area contributed by atoms with Gasteiger partial charge in [-0.1, -0.05) is 6.92 Å². The molecule has 1 aliphatic carbocycles. The maximum atomic E-state index is 12.1. The number of nitrogens with zero attached hydrogens (tertiary/aromatic N) is 1. The molecule has 1 fully saturated rings. The number of amides is 1. The van der Waals surface area contributed by atoms with Gasteiger partial charge in [0.2, 0.25) is 6.79 Å². The van der Waals surface area contributed by atoms with Crippen molar-refractivity contribution in [2.75, 3.05) is 6.79 Å². The second-order valence-corrected chi connectivity index (χ2v) is 5.39. The van der Waals surface area contributed by atoms with E-state index in [0.29, 0.717) is 23.0 Å². The molecule has 1 heterocycles. The van der Waals surface area contributed by atoms with E-state index in [0.717, 1.165) is 25.0 Å². The molecule has 0 saturated heterocycles. The van der Waals surface area contributed by atoms with E-state index < -0.39 is 0 Å². The topological polar surface area (TPSA) is 59.9 Å². The molecule has 0 radical (unpaired) electrons. The second kappa shape index (κ2) is 5.53. The van der Waals surface area contributed by atoms with Gasteiger partial charge in [-0.3, -0.25) is 4.79 Å². The SMILES string of the molecule is C[C@@H]1CCC/C(=N\NC(=O)c2ccc3c(c2)OCO3)C1. The monoisotopic (exact) mass is 274 g/mol. The number of fused-ring (bicyclic) bond motifs is 1. The van der Waals surface area contributed by atoms with Crippen molar-refractivity contribution in [3.05, 3.63) is 23.8 Å². The van der Waals surface area contributed by atoms with Crippen LogP contribution in [0.15, 0.2) is 23.3 Å². The summed E-state index contributed by atoms with van der Waals surface area (Å²) in [5, 5.41) is 4.25. The van der Waals surface area contributed by atoms with Gasteiger partial charge in [0.1, 0.15) is 0 Å². The Morgan fingerprint density at radius 3 is 3.05 bits per heavy atom.